The van der Waals surface area contributed by atoms with Crippen molar-refractivity contribution in [3.8, 4) is 0 Å². The highest BCUT2D eigenvalue weighted by atomic mass is 15.1. The van der Waals surface area contributed by atoms with Gasteiger partial charge in [0.25, 0.3) is 0 Å². The van der Waals surface area contributed by atoms with Crippen molar-refractivity contribution in [2.45, 2.75) is 27.2 Å². The summed E-state index contributed by atoms with van der Waals surface area (Å²) in [5.74, 6) is 1.79. The molecule has 1 nitrogen and oxygen atoms in total. The monoisotopic (exact) mass is 179 g/mol. The predicted octanol–water partition coefficient (Wildman–Crippen LogP) is 2.54. The summed E-state index contributed by atoms with van der Waals surface area (Å²) < 4.78 is 0. The van der Waals surface area contributed by atoms with E-state index in [0.717, 1.165) is 11.8 Å². The maximum atomic E-state index is 2.55. The van der Waals surface area contributed by atoms with Gasteiger partial charge in [0.05, 0.1) is 0 Å². The Hall–Kier alpha value is -0.300. The lowest BCUT2D eigenvalue weighted by Gasteiger charge is -2.22. The third kappa shape index (κ3) is 1.67. The van der Waals surface area contributed by atoms with Crippen molar-refractivity contribution in [2.24, 2.45) is 17.3 Å². The fourth-order valence-corrected chi connectivity index (χ4v) is 2.69. The molecular weight excluding hydrogens is 158 g/mol. The van der Waals surface area contributed by atoms with Crippen molar-refractivity contribution in [2.75, 3.05) is 20.1 Å². The summed E-state index contributed by atoms with van der Waals surface area (Å²) in [4.78, 5) is 2.46. The van der Waals surface area contributed by atoms with Crippen molar-refractivity contribution in [1.29, 1.82) is 0 Å². The largest absolute Gasteiger partial charge is 0.305 e. The second-order valence-electron chi connectivity index (χ2n) is 5.79. The summed E-state index contributed by atoms with van der Waals surface area (Å²) in [7, 11) is 2.24. The molecule has 2 aliphatic rings. The van der Waals surface area contributed by atoms with E-state index in [2.05, 4.69) is 38.8 Å². The van der Waals surface area contributed by atoms with Crippen molar-refractivity contribution < 1.29 is 0 Å². The van der Waals surface area contributed by atoms with Crippen molar-refractivity contribution in [3.05, 3.63) is 11.6 Å². The number of likely N-dealkylation sites (tertiary alicyclic amines) is 1. The normalized spacial score (nSPS) is 34.9. The number of nitrogens with zero attached hydrogens (tertiary/aromatic N) is 1. The van der Waals surface area contributed by atoms with E-state index in [1.807, 2.05) is 0 Å². The van der Waals surface area contributed by atoms with E-state index < -0.39 is 0 Å². The molecule has 0 spiro atoms. The number of fused-ring (bicyclic) bond motifs is 1. The maximum Gasteiger partial charge on any atom is 0.00448 e. The zero-order valence-corrected chi connectivity index (χ0v) is 9.30. The molecular formula is C12H21N. The molecule has 0 aromatic carbocycles. The van der Waals surface area contributed by atoms with Gasteiger partial charge in [-0.1, -0.05) is 32.4 Å². The lowest BCUT2D eigenvalue weighted by molar-refractivity contribution is 0.382. The van der Waals surface area contributed by atoms with Crippen molar-refractivity contribution in [1.82, 2.24) is 4.90 Å². The van der Waals surface area contributed by atoms with Crippen molar-refractivity contribution in [3.63, 3.8) is 0 Å². The zero-order chi connectivity index (χ0) is 9.64. The van der Waals surface area contributed by atoms with Gasteiger partial charge in [0.2, 0.25) is 0 Å². The molecule has 1 aliphatic carbocycles. The summed E-state index contributed by atoms with van der Waals surface area (Å²) in [5.41, 5.74) is 2.10. The van der Waals surface area contributed by atoms with Gasteiger partial charge in [0.1, 0.15) is 0 Å². The Morgan fingerprint density at radius 3 is 2.54 bits per heavy atom. The molecule has 0 aromatic heterocycles. The van der Waals surface area contributed by atoms with E-state index in [9.17, 15) is 0 Å². The van der Waals surface area contributed by atoms with Gasteiger partial charge in [0, 0.05) is 13.1 Å². The molecule has 0 aromatic rings. The Kier molecular flexibility index (Phi) is 2.03. The van der Waals surface area contributed by atoms with Crippen LogP contribution in [0.2, 0.25) is 0 Å². The van der Waals surface area contributed by atoms with Crippen LogP contribution in [-0.4, -0.2) is 25.0 Å². The molecule has 1 heterocycles. The van der Waals surface area contributed by atoms with Gasteiger partial charge in [-0.3, -0.25) is 0 Å². The molecule has 0 saturated carbocycles. The minimum absolute atomic E-state index is 0.406. The Bertz CT molecular complexity index is 234. The molecule has 0 radical (unpaired) electrons. The molecule has 74 valence electrons. The number of hydrogen-bond donors (Lipinski definition) is 0. The SMILES string of the molecule is CN1CC2C=C(C(C)(C)C)CC2C1. The molecule has 0 amide bonds. The number of hydrogen-bond acceptors (Lipinski definition) is 1. The molecule has 1 aliphatic heterocycles. The Morgan fingerprint density at radius 1 is 1.31 bits per heavy atom. The van der Waals surface area contributed by atoms with Crippen LogP contribution in [0, 0.1) is 17.3 Å². The molecule has 2 rings (SSSR count). The molecule has 1 saturated heterocycles. The summed E-state index contributed by atoms with van der Waals surface area (Å²) in [5, 5.41) is 0. The van der Waals surface area contributed by atoms with E-state index >= 15 is 0 Å². The van der Waals surface area contributed by atoms with Crippen LogP contribution >= 0.6 is 0 Å². The molecule has 0 bridgehead atoms. The van der Waals surface area contributed by atoms with Gasteiger partial charge in [-0.05, 0) is 30.7 Å². The number of allylic oxidation sites excluding steroid dienone is 1. The van der Waals surface area contributed by atoms with Gasteiger partial charge >= 0.3 is 0 Å². The van der Waals surface area contributed by atoms with Crippen molar-refractivity contribution >= 4 is 0 Å². The fourth-order valence-electron chi connectivity index (χ4n) is 2.69. The van der Waals surface area contributed by atoms with Crippen LogP contribution in [0.4, 0.5) is 0 Å². The van der Waals surface area contributed by atoms with Crippen LogP contribution in [0.25, 0.3) is 0 Å². The van der Waals surface area contributed by atoms with Crippen LogP contribution in [0.1, 0.15) is 27.2 Å². The van der Waals surface area contributed by atoms with E-state index in [1.165, 1.54) is 19.5 Å². The lowest BCUT2D eigenvalue weighted by Crippen LogP contribution is -2.16. The van der Waals surface area contributed by atoms with Gasteiger partial charge in [-0.25, -0.2) is 0 Å². The zero-order valence-electron chi connectivity index (χ0n) is 9.30. The standard InChI is InChI=1S/C12H21N/c1-12(2,3)11-5-9-7-13(4)8-10(9)6-11/h5,9-10H,6-8H2,1-4H3. The third-order valence-corrected chi connectivity index (χ3v) is 3.53. The maximum absolute atomic E-state index is 2.55. The second-order valence-corrected chi connectivity index (χ2v) is 5.79. The van der Waals surface area contributed by atoms with E-state index in [-0.39, 0.29) is 0 Å². The Balaban J connectivity index is 2.10. The average Bonchev–Trinajstić information content (AvgIpc) is 2.40. The van der Waals surface area contributed by atoms with Gasteiger partial charge in [-0.15, -0.1) is 0 Å². The minimum Gasteiger partial charge on any atom is -0.305 e. The van der Waals surface area contributed by atoms with E-state index in [4.69, 9.17) is 0 Å². The van der Waals surface area contributed by atoms with Crippen LogP contribution in [0.15, 0.2) is 11.6 Å². The predicted molar refractivity (Wildman–Crippen MR) is 56.6 cm³/mol. The first-order chi connectivity index (χ1) is 5.97. The highest BCUT2D eigenvalue weighted by Crippen LogP contribution is 2.43. The Morgan fingerprint density at radius 2 is 2.00 bits per heavy atom. The van der Waals surface area contributed by atoms with E-state index in [0.29, 0.717) is 5.41 Å². The molecule has 2 unspecified atom stereocenters. The molecule has 1 heteroatoms. The van der Waals surface area contributed by atoms with Crippen LogP contribution in [0.5, 0.6) is 0 Å². The highest BCUT2D eigenvalue weighted by molar-refractivity contribution is 5.21. The topological polar surface area (TPSA) is 3.24 Å². The van der Waals surface area contributed by atoms with Gasteiger partial charge < -0.3 is 4.90 Å². The highest BCUT2D eigenvalue weighted by Gasteiger charge is 2.37. The summed E-state index contributed by atoms with van der Waals surface area (Å²) in [6, 6.07) is 0. The summed E-state index contributed by atoms with van der Waals surface area (Å²) in [6.07, 6.45) is 3.90. The fraction of sp³-hybridized carbons (Fsp3) is 0.833. The second kappa shape index (κ2) is 2.84. The molecule has 13 heavy (non-hydrogen) atoms. The van der Waals surface area contributed by atoms with Crippen LogP contribution in [-0.2, 0) is 0 Å². The first-order valence-corrected chi connectivity index (χ1v) is 5.36. The summed E-state index contributed by atoms with van der Waals surface area (Å²) in [6.45, 7) is 9.60. The smallest absolute Gasteiger partial charge is 0.00448 e. The van der Waals surface area contributed by atoms with Gasteiger partial charge in [-0.2, -0.15) is 0 Å². The van der Waals surface area contributed by atoms with Crippen LogP contribution in [0.3, 0.4) is 0 Å². The van der Waals surface area contributed by atoms with Gasteiger partial charge in [0.15, 0.2) is 0 Å². The molecule has 2 atom stereocenters. The quantitative estimate of drug-likeness (QED) is 0.517. The lowest BCUT2D eigenvalue weighted by atomic mass is 9.85. The first-order valence-electron chi connectivity index (χ1n) is 5.36. The first kappa shape index (κ1) is 9.26. The molecule has 1 fully saturated rings. The van der Waals surface area contributed by atoms with E-state index in [1.54, 1.807) is 5.57 Å². The van der Waals surface area contributed by atoms with Crippen LogP contribution < -0.4 is 0 Å². The molecule has 0 N–H and O–H groups in total. The third-order valence-electron chi connectivity index (χ3n) is 3.53. The average molecular weight is 179 g/mol. The minimum atomic E-state index is 0.406. The summed E-state index contributed by atoms with van der Waals surface area (Å²) >= 11 is 0. The Labute approximate surface area is 81.8 Å². The number of rotatable bonds is 0.